The fourth-order valence-electron chi connectivity index (χ4n) is 1.71. The van der Waals surface area contributed by atoms with E-state index in [1.165, 1.54) is 22.3 Å². The lowest BCUT2D eigenvalue weighted by Gasteiger charge is -2.07. The number of hydrogen-bond donors (Lipinski definition) is 0. The summed E-state index contributed by atoms with van der Waals surface area (Å²) in [7, 11) is 0. The van der Waals surface area contributed by atoms with Crippen molar-refractivity contribution >= 4 is 45.2 Å². The molecule has 2 aromatic carbocycles. The molecule has 0 radical (unpaired) electrons. The van der Waals surface area contributed by atoms with Crippen LogP contribution in [0.5, 0.6) is 0 Å². The molecule has 0 heterocycles. The molecule has 0 saturated heterocycles. The number of alkyl halides is 2. The average molecular weight is 434 g/mol. The summed E-state index contributed by atoms with van der Waals surface area (Å²) in [5.74, 6) is 0. The van der Waals surface area contributed by atoms with Gasteiger partial charge in [-0.2, -0.15) is 0 Å². The highest BCUT2D eigenvalue weighted by atomic mass is 127. The molecule has 0 spiro atoms. The molecule has 16 heavy (non-hydrogen) atoms. The minimum atomic E-state index is 1.07. The first-order chi connectivity index (χ1) is 7.83. The smallest absolute Gasteiger partial charge is 0.0247 e. The van der Waals surface area contributed by atoms with Gasteiger partial charge in [-0.3, -0.25) is 0 Å². The maximum Gasteiger partial charge on any atom is 0.0247 e. The van der Waals surface area contributed by atoms with Crippen molar-refractivity contribution in [1.82, 2.24) is 0 Å². The lowest BCUT2D eigenvalue weighted by Crippen LogP contribution is -1.86. The number of halogens is 2. The summed E-state index contributed by atoms with van der Waals surface area (Å²) in [4.78, 5) is 0. The van der Waals surface area contributed by atoms with Crippen molar-refractivity contribution in [3.63, 3.8) is 0 Å². The predicted molar refractivity (Wildman–Crippen MR) is 87.3 cm³/mol. The predicted octanol–water partition coefficient (Wildman–Crippen LogP) is 5.22. The molecule has 0 aliphatic rings. The Morgan fingerprint density at radius 1 is 0.688 bits per heavy atom. The zero-order valence-electron chi connectivity index (χ0n) is 8.79. The molecule has 2 rings (SSSR count). The summed E-state index contributed by atoms with van der Waals surface area (Å²) in [5.41, 5.74) is 5.46. The molecule has 0 nitrogen and oxygen atoms in total. The highest BCUT2D eigenvalue weighted by Crippen LogP contribution is 2.24. The minimum absolute atomic E-state index is 1.07. The lowest BCUT2D eigenvalue weighted by atomic mass is 10.0. The van der Waals surface area contributed by atoms with E-state index in [0.29, 0.717) is 0 Å². The molecule has 0 N–H and O–H groups in total. The molecule has 0 aromatic heterocycles. The van der Waals surface area contributed by atoms with E-state index in [0.717, 1.165) is 8.86 Å². The van der Waals surface area contributed by atoms with Crippen molar-refractivity contribution in [3.05, 3.63) is 59.7 Å². The normalized spacial score (nSPS) is 10.4. The van der Waals surface area contributed by atoms with Crippen LogP contribution in [0.3, 0.4) is 0 Å². The molecular formula is C14H12I2. The second-order valence-corrected chi connectivity index (χ2v) is 5.20. The van der Waals surface area contributed by atoms with Crippen LogP contribution in [0, 0.1) is 0 Å². The van der Waals surface area contributed by atoms with Crippen molar-refractivity contribution < 1.29 is 0 Å². The molecule has 82 valence electrons. The van der Waals surface area contributed by atoms with Crippen molar-refractivity contribution in [1.29, 1.82) is 0 Å². The van der Waals surface area contributed by atoms with E-state index in [1.807, 2.05) is 0 Å². The summed E-state index contributed by atoms with van der Waals surface area (Å²) in [5, 5.41) is 0. The highest BCUT2D eigenvalue weighted by Gasteiger charge is 2.01. The van der Waals surface area contributed by atoms with Gasteiger partial charge in [0.05, 0.1) is 0 Å². The molecule has 0 aliphatic carbocycles. The number of rotatable bonds is 3. The second-order valence-electron chi connectivity index (χ2n) is 3.67. The highest BCUT2D eigenvalue weighted by molar-refractivity contribution is 14.1. The van der Waals surface area contributed by atoms with Gasteiger partial charge in [-0.05, 0) is 22.3 Å². The molecule has 0 fully saturated rings. The largest absolute Gasteiger partial charge is 0.0812 e. The average Bonchev–Trinajstić information content (AvgIpc) is 2.39. The summed E-state index contributed by atoms with van der Waals surface area (Å²) in [6.45, 7) is 0. The Labute approximate surface area is 124 Å². The van der Waals surface area contributed by atoms with E-state index in [4.69, 9.17) is 0 Å². The Kier molecular flexibility index (Phi) is 4.64. The van der Waals surface area contributed by atoms with Gasteiger partial charge in [-0.1, -0.05) is 93.7 Å². The van der Waals surface area contributed by atoms with Crippen molar-refractivity contribution in [3.8, 4) is 11.1 Å². The quantitative estimate of drug-likeness (QED) is 0.459. The zero-order chi connectivity index (χ0) is 11.4. The molecular weight excluding hydrogens is 422 g/mol. The van der Waals surface area contributed by atoms with Crippen molar-refractivity contribution in [2.45, 2.75) is 8.86 Å². The van der Waals surface area contributed by atoms with Crippen LogP contribution in [-0.2, 0) is 8.86 Å². The molecule has 0 unspecified atom stereocenters. The first kappa shape index (κ1) is 12.4. The molecule has 0 aliphatic heterocycles. The van der Waals surface area contributed by atoms with Crippen molar-refractivity contribution in [2.24, 2.45) is 0 Å². The Hall–Kier alpha value is -0.100. The summed E-state index contributed by atoms with van der Waals surface area (Å²) < 4.78 is 2.14. The van der Waals surface area contributed by atoms with Crippen LogP contribution < -0.4 is 0 Å². The van der Waals surface area contributed by atoms with Gasteiger partial charge >= 0.3 is 0 Å². The van der Waals surface area contributed by atoms with E-state index in [-0.39, 0.29) is 0 Å². The molecule has 0 saturated carbocycles. The Morgan fingerprint density at radius 3 is 1.75 bits per heavy atom. The SMILES string of the molecule is ICc1cc(CI)cc(-c2ccccc2)c1. The van der Waals surface area contributed by atoms with Gasteiger partial charge in [0.2, 0.25) is 0 Å². The van der Waals surface area contributed by atoms with Crippen LogP contribution in [0.2, 0.25) is 0 Å². The third kappa shape index (κ3) is 2.97. The fourth-order valence-corrected chi connectivity index (χ4v) is 2.59. The topological polar surface area (TPSA) is 0 Å². The third-order valence-corrected chi connectivity index (χ3v) is 4.23. The van der Waals surface area contributed by atoms with Gasteiger partial charge in [0.15, 0.2) is 0 Å². The third-order valence-electron chi connectivity index (χ3n) is 2.47. The molecule has 2 aromatic rings. The van der Waals surface area contributed by atoms with Crippen LogP contribution in [0.1, 0.15) is 11.1 Å². The first-order valence-corrected chi connectivity index (χ1v) is 8.19. The van der Waals surface area contributed by atoms with Crippen LogP contribution in [0.15, 0.2) is 48.5 Å². The summed E-state index contributed by atoms with van der Waals surface area (Å²) in [6, 6.07) is 17.5. The number of hydrogen-bond acceptors (Lipinski definition) is 0. The van der Waals surface area contributed by atoms with E-state index >= 15 is 0 Å². The maximum atomic E-state index is 2.42. The summed E-state index contributed by atoms with van der Waals surface area (Å²) >= 11 is 4.84. The monoisotopic (exact) mass is 434 g/mol. The van der Waals surface area contributed by atoms with E-state index in [1.54, 1.807) is 0 Å². The molecule has 0 amide bonds. The Bertz CT molecular complexity index is 441. The minimum Gasteiger partial charge on any atom is -0.0812 e. The van der Waals surface area contributed by atoms with Crippen LogP contribution in [-0.4, -0.2) is 0 Å². The Morgan fingerprint density at radius 2 is 1.25 bits per heavy atom. The molecule has 2 heteroatoms. The van der Waals surface area contributed by atoms with Crippen LogP contribution >= 0.6 is 45.2 Å². The van der Waals surface area contributed by atoms with Crippen molar-refractivity contribution in [2.75, 3.05) is 0 Å². The fraction of sp³-hybridized carbons (Fsp3) is 0.143. The second kappa shape index (κ2) is 6.00. The van der Waals surface area contributed by atoms with Gasteiger partial charge in [-0.25, -0.2) is 0 Å². The van der Waals surface area contributed by atoms with E-state index in [2.05, 4.69) is 93.7 Å². The van der Waals surface area contributed by atoms with Gasteiger partial charge in [0.1, 0.15) is 0 Å². The van der Waals surface area contributed by atoms with Gasteiger partial charge in [-0.15, -0.1) is 0 Å². The molecule has 0 bridgehead atoms. The lowest BCUT2D eigenvalue weighted by molar-refractivity contribution is 1.37. The Balaban J connectivity index is 2.48. The van der Waals surface area contributed by atoms with Crippen LogP contribution in [0.4, 0.5) is 0 Å². The van der Waals surface area contributed by atoms with E-state index < -0.39 is 0 Å². The number of benzene rings is 2. The first-order valence-electron chi connectivity index (χ1n) is 5.13. The van der Waals surface area contributed by atoms with Gasteiger partial charge in [0, 0.05) is 8.86 Å². The zero-order valence-corrected chi connectivity index (χ0v) is 13.1. The molecule has 0 atom stereocenters. The maximum absolute atomic E-state index is 2.42. The van der Waals surface area contributed by atoms with Gasteiger partial charge < -0.3 is 0 Å². The van der Waals surface area contributed by atoms with Gasteiger partial charge in [0.25, 0.3) is 0 Å². The van der Waals surface area contributed by atoms with Crippen LogP contribution in [0.25, 0.3) is 11.1 Å². The summed E-state index contributed by atoms with van der Waals surface area (Å²) in [6.07, 6.45) is 0. The standard InChI is InChI=1S/C14H12I2/c15-9-11-6-12(10-16)8-14(7-11)13-4-2-1-3-5-13/h1-8H,9-10H2. The van der Waals surface area contributed by atoms with E-state index in [9.17, 15) is 0 Å².